The second kappa shape index (κ2) is 9.56. The number of primary amides is 1. The molecule has 2 aromatic heterocycles. The molecule has 1 aromatic carbocycles. The molecule has 4 N–H and O–H groups in total. The molecule has 3 heterocycles. The van der Waals surface area contributed by atoms with Gasteiger partial charge in [-0.3, -0.25) is 9.79 Å². The van der Waals surface area contributed by atoms with Crippen molar-refractivity contribution in [2.24, 2.45) is 10.7 Å². The molecular weight excluding hydrogens is 452 g/mol. The minimum absolute atomic E-state index is 0.0868. The summed E-state index contributed by atoms with van der Waals surface area (Å²) in [7, 11) is 3.55. The van der Waals surface area contributed by atoms with Crippen LogP contribution in [0.5, 0.6) is 5.75 Å². The molecule has 0 saturated carbocycles. The third-order valence-corrected chi connectivity index (χ3v) is 7.46. The van der Waals surface area contributed by atoms with Crippen molar-refractivity contribution in [1.29, 1.82) is 0 Å². The SMILES string of the molecule is CNc1c(-c2ccsc2S)c(OCCOC)cc2cc(C3=NCC(CC(N)=O)S3)[nH]c12. The second-order valence-electron chi connectivity index (χ2n) is 7.06. The number of fused-ring (bicyclic) bond motifs is 1. The largest absolute Gasteiger partial charge is 0.490 e. The molecule has 1 aliphatic rings. The number of nitrogens with one attached hydrogen (secondary N) is 2. The lowest BCUT2D eigenvalue weighted by Crippen LogP contribution is -2.18. The molecule has 1 amide bonds. The fourth-order valence-electron chi connectivity index (χ4n) is 3.62. The van der Waals surface area contributed by atoms with Crippen LogP contribution in [0.4, 0.5) is 5.69 Å². The minimum atomic E-state index is -0.302. The lowest BCUT2D eigenvalue weighted by molar-refractivity contribution is -0.117. The molecule has 1 aliphatic heterocycles. The van der Waals surface area contributed by atoms with E-state index in [1.165, 1.54) is 0 Å². The highest BCUT2D eigenvalue weighted by atomic mass is 32.2. The summed E-state index contributed by atoms with van der Waals surface area (Å²) >= 11 is 7.81. The summed E-state index contributed by atoms with van der Waals surface area (Å²) in [5.74, 6) is 0.463. The standard InChI is InChI=1S/C21H24N4O3S3/c1-23-19-17(13-3-6-30-21(13)29)15(28-5-4-27-2)8-11-7-14(25-18(11)19)20-24-10-12(31-20)9-16(22)26/h3,6-8,12,23,25,29H,4-5,9-10H2,1-2H3,(H2,22,26). The Morgan fingerprint density at radius 1 is 1.42 bits per heavy atom. The predicted octanol–water partition coefficient (Wildman–Crippen LogP) is 3.99. The van der Waals surface area contributed by atoms with Gasteiger partial charge in [0.2, 0.25) is 5.91 Å². The van der Waals surface area contributed by atoms with Gasteiger partial charge in [0, 0.05) is 36.8 Å². The number of thiol groups is 1. The Kier molecular flexibility index (Phi) is 6.80. The number of rotatable bonds is 9. The van der Waals surface area contributed by atoms with E-state index in [4.69, 9.17) is 15.2 Å². The van der Waals surface area contributed by atoms with Crippen molar-refractivity contribution in [1.82, 2.24) is 4.98 Å². The summed E-state index contributed by atoms with van der Waals surface area (Å²) in [6.45, 7) is 1.53. The zero-order chi connectivity index (χ0) is 22.0. The van der Waals surface area contributed by atoms with Gasteiger partial charge in [0.05, 0.1) is 39.8 Å². The fourth-order valence-corrected chi connectivity index (χ4v) is 5.72. The van der Waals surface area contributed by atoms with Gasteiger partial charge in [0.25, 0.3) is 0 Å². The number of amides is 1. The average Bonchev–Trinajstić information content (AvgIpc) is 3.46. The van der Waals surface area contributed by atoms with Crippen molar-refractivity contribution in [3.63, 3.8) is 0 Å². The molecular formula is C21H24N4O3S3. The monoisotopic (exact) mass is 476 g/mol. The Morgan fingerprint density at radius 2 is 2.26 bits per heavy atom. The van der Waals surface area contributed by atoms with E-state index in [2.05, 4.69) is 34.0 Å². The molecule has 3 aromatic rings. The number of nitrogens with zero attached hydrogens (tertiary/aromatic N) is 1. The maximum Gasteiger partial charge on any atom is 0.218 e. The zero-order valence-electron chi connectivity index (χ0n) is 17.2. The van der Waals surface area contributed by atoms with Crippen LogP contribution < -0.4 is 15.8 Å². The number of ether oxygens (including phenoxy) is 2. The smallest absolute Gasteiger partial charge is 0.218 e. The molecule has 0 aliphatic carbocycles. The molecule has 0 fully saturated rings. The minimum Gasteiger partial charge on any atom is -0.490 e. The maximum absolute atomic E-state index is 11.3. The van der Waals surface area contributed by atoms with Gasteiger partial charge in [-0.25, -0.2) is 0 Å². The number of methoxy groups -OCH3 is 1. The van der Waals surface area contributed by atoms with Crippen molar-refractivity contribution in [3.05, 3.63) is 29.3 Å². The van der Waals surface area contributed by atoms with Crippen LogP contribution in [0.3, 0.4) is 0 Å². The van der Waals surface area contributed by atoms with Crippen molar-refractivity contribution >= 4 is 63.3 Å². The van der Waals surface area contributed by atoms with E-state index in [0.717, 1.165) is 48.4 Å². The molecule has 0 spiro atoms. The van der Waals surface area contributed by atoms with Gasteiger partial charge in [-0.1, -0.05) is 11.8 Å². The number of hydrogen-bond donors (Lipinski definition) is 4. The van der Waals surface area contributed by atoms with Crippen molar-refractivity contribution < 1.29 is 14.3 Å². The number of aromatic nitrogens is 1. The second-order valence-corrected chi connectivity index (χ2v) is 10.0. The highest BCUT2D eigenvalue weighted by Gasteiger charge is 2.25. The Labute approximate surface area is 194 Å². The van der Waals surface area contributed by atoms with E-state index >= 15 is 0 Å². The van der Waals surface area contributed by atoms with Gasteiger partial charge in [-0.05, 0) is 23.6 Å². The average molecular weight is 477 g/mol. The van der Waals surface area contributed by atoms with Crippen LogP contribution in [0.2, 0.25) is 0 Å². The predicted molar refractivity (Wildman–Crippen MR) is 132 cm³/mol. The molecule has 0 saturated heterocycles. The number of anilines is 1. The van der Waals surface area contributed by atoms with E-state index in [9.17, 15) is 4.79 Å². The number of aromatic amines is 1. The van der Waals surface area contributed by atoms with Crippen molar-refractivity contribution in [2.45, 2.75) is 15.9 Å². The Morgan fingerprint density at radius 3 is 2.94 bits per heavy atom. The Bertz CT molecular complexity index is 1140. The van der Waals surface area contributed by atoms with Crippen LogP contribution in [0.1, 0.15) is 12.1 Å². The van der Waals surface area contributed by atoms with Crippen LogP contribution in [-0.4, -0.2) is 55.1 Å². The number of carbonyl (C=O) groups excluding carboxylic acids is 1. The first-order valence-electron chi connectivity index (χ1n) is 9.77. The van der Waals surface area contributed by atoms with Gasteiger partial charge >= 0.3 is 0 Å². The summed E-state index contributed by atoms with van der Waals surface area (Å²) in [4.78, 5) is 19.4. The normalized spacial score (nSPS) is 16.0. The van der Waals surface area contributed by atoms with Gasteiger partial charge in [0.15, 0.2) is 0 Å². The van der Waals surface area contributed by atoms with E-state index < -0.39 is 0 Å². The Hall–Kier alpha value is -2.14. The molecule has 31 heavy (non-hydrogen) atoms. The molecule has 0 bridgehead atoms. The number of benzene rings is 1. The van der Waals surface area contributed by atoms with E-state index in [-0.39, 0.29) is 11.2 Å². The maximum atomic E-state index is 11.3. The van der Waals surface area contributed by atoms with Gasteiger partial charge in [-0.2, -0.15) is 0 Å². The van der Waals surface area contributed by atoms with E-state index in [1.54, 1.807) is 30.2 Å². The molecule has 1 unspecified atom stereocenters. The van der Waals surface area contributed by atoms with Gasteiger partial charge in [0.1, 0.15) is 17.4 Å². The summed E-state index contributed by atoms with van der Waals surface area (Å²) in [5.41, 5.74) is 10.1. The zero-order valence-corrected chi connectivity index (χ0v) is 19.8. The topological polar surface area (TPSA) is 102 Å². The van der Waals surface area contributed by atoms with E-state index in [1.807, 2.05) is 24.6 Å². The lowest BCUT2D eigenvalue weighted by Gasteiger charge is -2.17. The number of H-pyrrole nitrogens is 1. The van der Waals surface area contributed by atoms with Gasteiger partial charge in [-0.15, -0.1) is 24.0 Å². The molecule has 7 nitrogen and oxygen atoms in total. The number of nitrogens with two attached hydrogens (primary N) is 1. The number of aliphatic imine (C=N–C) groups is 1. The number of thiophene rings is 1. The van der Waals surface area contributed by atoms with Crippen LogP contribution in [0, 0.1) is 0 Å². The summed E-state index contributed by atoms with van der Waals surface area (Å²) in [6, 6.07) is 6.15. The first-order valence-corrected chi connectivity index (χ1v) is 12.0. The third-order valence-electron chi connectivity index (χ3n) is 4.97. The van der Waals surface area contributed by atoms with Crippen LogP contribution >= 0.6 is 35.7 Å². The first-order chi connectivity index (χ1) is 15.0. The van der Waals surface area contributed by atoms with Crippen molar-refractivity contribution in [2.75, 3.05) is 39.2 Å². The van der Waals surface area contributed by atoms with Crippen molar-refractivity contribution in [3.8, 4) is 16.9 Å². The van der Waals surface area contributed by atoms with Crippen LogP contribution in [0.15, 0.2) is 32.8 Å². The fraction of sp³-hybridized carbons (Fsp3) is 0.333. The number of carbonyl (C=O) groups is 1. The molecule has 0 radical (unpaired) electrons. The number of thioether (sulfide) groups is 1. The molecule has 1 atom stereocenters. The highest BCUT2D eigenvalue weighted by molar-refractivity contribution is 8.15. The van der Waals surface area contributed by atoms with E-state index in [0.29, 0.717) is 26.2 Å². The van der Waals surface area contributed by atoms with Crippen LogP contribution in [-0.2, 0) is 9.53 Å². The number of hydrogen-bond acceptors (Lipinski definition) is 8. The quantitative estimate of drug-likeness (QED) is 0.276. The summed E-state index contributed by atoms with van der Waals surface area (Å²) in [5, 5.41) is 7.34. The first kappa shape index (κ1) is 22.1. The summed E-state index contributed by atoms with van der Waals surface area (Å²) < 4.78 is 12.2. The van der Waals surface area contributed by atoms with Gasteiger partial charge < -0.3 is 25.5 Å². The lowest BCUT2D eigenvalue weighted by atomic mass is 10.0. The van der Waals surface area contributed by atoms with Crippen LogP contribution in [0.25, 0.3) is 22.0 Å². The molecule has 4 rings (SSSR count). The highest BCUT2D eigenvalue weighted by Crippen LogP contribution is 2.46. The molecule has 10 heteroatoms. The summed E-state index contributed by atoms with van der Waals surface area (Å²) in [6.07, 6.45) is 0.324. The Balaban J connectivity index is 1.78. The molecule has 164 valence electrons. The third kappa shape index (κ3) is 4.57.